The summed E-state index contributed by atoms with van der Waals surface area (Å²) in [7, 11) is 0. The number of carbonyl (C=O) groups excluding carboxylic acids is 2. The van der Waals surface area contributed by atoms with Crippen LogP contribution in [0, 0.1) is 0 Å². The number of aromatic nitrogens is 3. The third kappa shape index (κ3) is 4.57. The highest BCUT2D eigenvalue weighted by Crippen LogP contribution is 2.24. The van der Waals surface area contributed by atoms with E-state index in [0.29, 0.717) is 23.8 Å². The summed E-state index contributed by atoms with van der Waals surface area (Å²) in [5, 5.41) is 11.9. The first-order valence-electron chi connectivity index (χ1n) is 8.98. The summed E-state index contributed by atoms with van der Waals surface area (Å²) < 4.78 is 1.96. The second-order valence-electron chi connectivity index (χ2n) is 6.19. The van der Waals surface area contributed by atoms with Gasteiger partial charge >= 0.3 is 0 Å². The smallest absolute Gasteiger partial charge is 0.234 e. The van der Waals surface area contributed by atoms with Gasteiger partial charge in [0.2, 0.25) is 11.8 Å². The first kappa shape index (κ1) is 19.2. The molecule has 1 aliphatic rings. The number of amides is 2. The first-order valence-corrected chi connectivity index (χ1v) is 9.97. The summed E-state index contributed by atoms with van der Waals surface area (Å²) in [5.74, 6) is 1.10. The molecule has 0 radical (unpaired) electrons. The van der Waals surface area contributed by atoms with Crippen LogP contribution in [0.5, 0.6) is 0 Å². The Morgan fingerprint density at radius 2 is 2.26 bits per heavy atom. The number of carbonyl (C=O) groups is 2. The van der Waals surface area contributed by atoms with Crippen molar-refractivity contribution >= 4 is 35.0 Å². The number of nitrogens with zero attached hydrogens (tertiary/aromatic N) is 4. The maximum absolute atomic E-state index is 12.3. The number of rotatable bonds is 8. The predicted octanol–water partition coefficient (Wildman–Crippen LogP) is 2.88. The second-order valence-corrected chi connectivity index (χ2v) is 7.13. The van der Waals surface area contributed by atoms with Crippen molar-refractivity contribution in [2.75, 3.05) is 22.5 Å². The molecule has 1 aromatic carbocycles. The molecule has 1 fully saturated rings. The Morgan fingerprint density at radius 1 is 1.41 bits per heavy atom. The van der Waals surface area contributed by atoms with Crippen LogP contribution in [0.15, 0.2) is 42.1 Å². The number of nitrogens with one attached hydrogen (secondary N) is 1. The minimum atomic E-state index is -0.129. The molecule has 3 rings (SSSR count). The molecule has 7 nitrogen and oxygen atoms in total. The monoisotopic (exact) mass is 385 g/mol. The Balaban J connectivity index is 1.61. The Kier molecular flexibility index (Phi) is 6.28. The van der Waals surface area contributed by atoms with Crippen molar-refractivity contribution in [1.82, 2.24) is 14.8 Å². The maximum atomic E-state index is 12.3. The van der Waals surface area contributed by atoms with E-state index in [1.165, 1.54) is 11.8 Å². The molecule has 0 atom stereocenters. The van der Waals surface area contributed by atoms with Crippen LogP contribution in [0.4, 0.5) is 11.4 Å². The van der Waals surface area contributed by atoms with Gasteiger partial charge in [0, 0.05) is 37.3 Å². The summed E-state index contributed by atoms with van der Waals surface area (Å²) in [6.07, 6.45) is 4.02. The third-order valence-electron chi connectivity index (χ3n) is 4.27. The van der Waals surface area contributed by atoms with Gasteiger partial charge in [-0.2, -0.15) is 0 Å². The molecular formula is C19H23N5O2S. The average Bonchev–Trinajstić information content (AvgIpc) is 3.26. The molecule has 0 aliphatic carbocycles. The fourth-order valence-corrected chi connectivity index (χ4v) is 3.77. The summed E-state index contributed by atoms with van der Waals surface area (Å²) in [6.45, 7) is 7.12. The van der Waals surface area contributed by atoms with Gasteiger partial charge in [-0.3, -0.25) is 9.59 Å². The Bertz CT molecular complexity index is 848. The Morgan fingerprint density at radius 3 is 2.96 bits per heavy atom. The van der Waals surface area contributed by atoms with Crippen LogP contribution in [-0.2, 0) is 22.6 Å². The molecule has 27 heavy (non-hydrogen) atoms. The predicted molar refractivity (Wildman–Crippen MR) is 107 cm³/mol. The Labute approximate surface area is 162 Å². The summed E-state index contributed by atoms with van der Waals surface area (Å²) in [5.41, 5.74) is 1.50. The number of allylic oxidation sites excluding steroid dienone is 1. The van der Waals surface area contributed by atoms with Crippen molar-refractivity contribution in [2.45, 2.75) is 37.9 Å². The zero-order valence-corrected chi connectivity index (χ0v) is 16.2. The van der Waals surface area contributed by atoms with E-state index < -0.39 is 0 Å². The van der Waals surface area contributed by atoms with Gasteiger partial charge in [-0.25, -0.2) is 0 Å². The van der Waals surface area contributed by atoms with Crippen molar-refractivity contribution in [2.24, 2.45) is 0 Å². The summed E-state index contributed by atoms with van der Waals surface area (Å²) in [4.78, 5) is 26.0. The molecule has 2 amide bonds. The van der Waals surface area contributed by atoms with E-state index in [1.807, 2.05) is 35.8 Å². The molecular weight excluding hydrogens is 362 g/mol. The largest absolute Gasteiger partial charge is 0.325 e. The minimum Gasteiger partial charge on any atom is -0.325 e. The molecule has 1 N–H and O–H groups in total. The van der Waals surface area contributed by atoms with Crippen LogP contribution < -0.4 is 10.2 Å². The zero-order valence-electron chi connectivity index (χ0n) is 15.4. The van der Waals surface area contributed by atoms with Gasteiger partial charge in [-0.05, 0) is 24.6 Å². The SMILES string of the molecule is C=CCn1c(CC)nnc1SCC(=O)Nc1cccc(N2CCCC2=O)c1. The molecule has 1 saturated heterocycles. The lowest BCUT2D eigenvalue weighted by molar-refractivity contribution is -0.117. The van der Waals surface area contributed by atoms with Gasteiger partial charge in [0.25, 0.3) is 0 Å². The number of anilines is 2. The van der Waals surface area contributed by atoms with Gasteiger partial charge in [-0.1, -0.05) is 30.8 Å². The van der Waals surface area contributed by atoms with E-state index in [2.05, 4.69) is 22.1 Å². The minimum absolute atomic E-state index is 0.127. The van der Waals surface area contributed by atoms with Gasteiger partial charge in [0.1, 0.15) is 5.82 Å². The van der Waals surface area contributed by atoms with E-state index in [0.717, 1.165) is 30.9 Å². The van der Waals surface area contributed by atoms with E-state index in [1.54, 1.807) is 11.0 Å². The van der Waals surface area contributed by atoms with Crippen LogP contribution in [0.2, 0.25) is 0 Å². The van der Waals surface area contributed by atoms with Gasteiger partial charge in [-0.15, -0.1) is 16.8 Å². The number of thioether (sulfide) groups is 1. The average molecular weight is 385 g/mol. The molecule has 0 saturated carbocycles. The third-order valence-corrected chi connectivity index (χ3v) is 5.24. The highest BCUT2D eigenvalue weighted by Gasteiger charge is 2.21. The molecule has 2 heterocycles. The van der Waals surface area contributed by atoms with Crippen molar-refractivity contribution in [3.63, 3.8) is 0 Å². The van der Waals surface area contributed by atoms with Crippen LogP contribution in [-0.4, -0.2) is 38.9 Å². The highest BCUT2D eigenvalue weighted by atomic mass is 32.2. The molecule has 1 aliphatic heterocycles. The number of hydrogen-bond donors (Lipinski definition) is 1. The lowest BCUT2D eigenvalue weighted by Gasteiger charge is -2.16. The second kappa shape index (κ2) is 8.85. The molecule has 0 bridgehead atoms. The van der Waals surface area contributed by atoms with Crippen LogP contribution in [0.25, 0.3) is 0 Å². The van der Waals surface area contributed by atoms with E-state index in [-0.39, 0.29) is 17.6 Å². The fourth-order valence-electron chi connectivity index (χ4n) is 3.00. The Hall–Kier alpha value is -2.61. The van der Waals surface area contributed by atoms with Gasteiger partial charge in [0.05, 0.1) is 5.75 Å². The van der Waals surface area contributed by atoms with E-state index >= 15 is 0 Å². The summed E-state index contributed by atoms with van der Waals surface area (Å²) >= 11 is 1.35. The molecule has 142 valence electrons. The number of benzene rings is 1. The van der Waals surface area contributed by atoms with Crippen LogP contribution in [0.3, 0.4) is 0 Å². The van der Waals surface area contributed by atoms with Crippen molar-refractivity contribution in [3.8, 4) is 0 Å². The standard InChI is InChI=1S/C19H23N5O2S/c1-3-10-24-16(4-2)21-22-19(24)27-13-17(25)20-14-7-5-8-15(12-14)23-11-6-9-18(23)26/h3,5,7-8,12H,1,4,6,9-11,13H2,2H3,(H,20,25). The maximum Gasteiger partial charge on any atom is 0.234 e. The fraction of sp³-hybridized carbons (Fsp3) is 0.368. The zero-order chi connectivity index (χ0) is 19.2. The van der Waals surface area contributed by atoms with Gasteiger partial charge < -0.3 is 14.8 Å². The van der Waals surface area contributed by atoms with Crippen molar-refractivity contribution in [1.29, 1.82) is 0 Å². The van der Waals surface area contributed by atoms with Crippen LogP contribution >= 0.6 is 11.8 Å². The molecule has 8 heteroatoms. The summed E-state index contributed by atoms with van der Waals surface area (Å²) in [6, 6.07) is 7.39. The van der Waals surface area contributed by atoms with E-state index in [9.17, 15) is 9.59 Å². The van der Waals surface area contributed by atoms with Gasteiger partial charge in [0.15, 0.2) is 5.16 Å². The normalized spacial score (nSPS) is 13.8. The molecule has 0 unspecified atom stereocenters. The van der Waals surface area contributed by atoms with Crippen LogP contribution in [0.1, 0.15) is 25.6 Å². The van der Waals surface area contributed by atoms with Crippen molar-refractivity contribution < 1.29 is 9.59 Å². The lowest BCUT2D eigenvalue weighted by Crippen LogP contribution is -2.23. The number of hydrogen-bond acceptors (Lipinski definition) is 5. The quantitative estimate of drug-likeness (QED) is 0.558. The molecule has 2 aromatic rings. The van der Waals surface area contributed by atoms with Crippen molar-refractivity contribution in [3.05, 3.63) is 42.7 Å². The lowest BCUT2D eigenvalue weighted by atomic mass is 10.2. The topological polar surface area (TPSA) is 80.1 Å². The highest BCUT2D eigenvalue weighted by molar-refractivity contribution is 7.99. The molecule has 0 spiro atoms. The first-order chi connectivity index (χ1) is 13.1. The molecule has 1 aromatic heterocycles. The van der Waals surface area contributed by atoms with E-state index in [4.69, 9.17) is 0 Å². The number of aryl methyl sites for hydroxylation is 1.